The Morgan fingerprint density at radius 2 is 1.86 bits per heavy atom. The lowest BCUT2D eigenvalue weighted by atomic mass is 10.1. The molecule has 0 saturated heterocycles. The van der Waals surface area contributed by atoms with Gasteiger partial charge in [-0.15, -0.1) is 13.2 Å². The van der Waals surface area contributed by atoms with Crippen LogP contribution >= 0.6 is 0 Å². The fourth-order valence-electron chi connectivity index (χ4n) is 1.43. The van der Waals surface area contributed by atoms with Crippen molar-refractivity contribution in [2.45, 2.75) is 19.1 Å². The van der Waals surface area contributed by atoms with Crippen LogP contribution in [0.5, 0.6) is 5.75 Å². The van der Waals surface area contributed by atoms with Crippen LogP contribution in [0.1, 0.15) is 21.6 Å². The molecule has 0 atom stereocenters. The van der Waals surface area contributed by atoms with E-state index in [9.17, 15) is 31.1 Å². The number of nitrogens with zero attached hydrogens (tertiary/aromatic N) is 1. The highest BCUT2D eigenvalue weighted by Crippen LogP contribution is 2.40. The van der Waals surface area contributed by atoms with Crippen molar-refractivity contribution in [3.63, 3.8) is 0 Å². The highest BCUT2D eigenvalue weighted by atomic mass is 19.4. The number of rotatable bonds is 3. The Balaban J connectivity index is 3.60. The van der Waals surface area contributed by atoms with Gasteiger partial charge in [-0.05, 0) is 0 Å². The summed E-state index contributed by atoms with van der Waals surface area (Å²) in [6.07, 6.45) is -10.5. The van der Waals surface area contributed by atoms with Gasteiger partial charge in [-0.1, -0.05) is 0 Å². The zero-order valence-corrected chi connectivity index (χ0v) is 10.3. The fourth-order valence-corrected chi connectivity index (χ4v) is 1.43. The number of carbonyl (C=O) groups excluding carboxylic acids is 1. The van der Waals surface area contributed by atoms with Crippen LogP contribution in [-0.2, 0) is 17.5 Å². The second-order valence-corrected chi connectivity index (χ2v) is 3.57. The maximum atomic E-state index is 12.7. The van der Waals surface area contributed by atoms with Gasteiger partial charge in [0.05, 0.1) is 7.11 Å². The predicted octanol–water partition coefficient (Wildman–Crippen LogP) is 2.24. The summed E-state index contributed by atoms with van der Waals surface area (Å²) >= 11 is 0. The van der Waals surface area contributed by atoms with E-state index in [4.69, 9.17) is 5.73 Å². The summed E-state index contributed by atoms with van der Waals surface area (Å²) in [4.78, 5) is 14.5. The Morgan fingerprint density at radius 3 is 2.24 bits per heavy atom. The first kappa shape index (κ1) is 17.0. The normalized spacial score (nSPS) is 12.2. The molecule has 0 bridgehead atoms. The third kappa shape index (κ3) is 3.97. The molecule has 0 aliphatic carbocycles. The maximum absolute atomic E-state index is 12.7. The maximum Gasteiger partial charge on any atom is 0.573 e. The zero-order chi connectivity index (χ0) is 16.4. The van der Waals surface area contributed by atoms with Crippen LogP contribution in [0.3, 0.4) is 0 Å². The molecule has 5 nitrogen and oxygen atoms in total. The smallest absolute Gasteiger partial charge is 0.464 e. The number of nitrogens with two attached hydrogens (primary N) is 1. The van der Waals surface area contributed by atoms with Crippen molar-refractivity contribution in [3.05, 3.63) is 23.0 Å². The summed E-state index contributed by atoms with van der Waals surface area (Å²) in [5.74, 6) is -2.86. The standard InChI is InChI=1S/C10H8F6N2O3/c1-20-8(19)6-4(2-17)7(21-10(14,15)16)5(3-18-6)9(11,12)13/h3H,2,17H2,1H3. The van der Waals surface area contributed by atoms with Crippen LogP contribution in [0.25, 0.3) is 0 Å². The topological polar surface area (TPSA) is 74.4 Å². The van der Waals surface area contributed by atoms with E-state index in [1.165, 1.54) is 0 Å². The lowest BCUT2D eigenvalue weighted by Gasteiger charge is -2.19. The monoisotopic (exact) mass is 318 g/mol. The van der Waals surface area contributed by atoms with Crippen LogP contribution in [0.15, 0.2) is 6.20 Å². The minimum Gasteiger partial charge on any atom is -0.464 e. The van der Waals surface area contributed by atoms with Gasteiger partial charge in [-0.3, -0.25) is 0 Å². The molecule has 0 spiro atoms. The highest BCUT2D eigenvalue weighted by Gasteiger charge is 2.42. The first-order valence-electron chi connectivity index (χ1n) is 5.14. The number of halogens is 6. The Bertz CT molecular complexity index is 541. The van der Waals surface area contributed by atoms with E-state index in [0.29, 0.717) is 0 Å². The van der Waals surface area contributed by atoms with E-state index in [0.717, 1.165) is 7.11 Å². The number of esters is 1. The zero-order valence-electron chi connectivity index (χ0n) is 10.3. The summed E-state index contributed by atoms with van der Waals surface area (Å²) in [5, 5.41) is 0. The number of ether oxygens (including phenoxy) is 2. The summed E-state index contributed by atoms with van der Waals surface area (Å²) in [6.45, 7) is -0.841. The van der Waals surface area contributed by atoms with Crippen molar-refractivity contribution in [3.8, 4) is 5.75 Å². The molecule has 0 saturated carbocycles. The molecule has 1 heterocycles. The van der Waals surface area contributed by atoms with Gasteiger partial charge in [-0.2, -0.15) is 13.2 Å². The molecule has 118 valence electrons. The van der Waals surface area contributed by atoms with Crippen LogP contribution in [0.2, 0.25) is 0 Å². The number of carbonyl (C=O) groups is 1. The van der Waals surface area contributed by atoms with E-state index in [1.807, 2.05) is 0 Å². The predicted molar refractivity (Wildman–Crippen MR) is 55.2 cm³/mol. The molecule has 0 unspecified atom stereocenters. The van der Waals surface area contributed by atoms with Gasteiger partial charge >= 0.3 is 18.5 Å². The van der Waals surface area contributed by atoms with Crippen molar-refractivity contribution in [1.82, 2.24) is 4.98 Å². The Kier molecular flexibility index (Phi) is 4.66. The first-order chi connectivity index (χ1) is 9.51. The van der Waals surface area contributed by atoms with E-state index in [1.54, 1.807) is 0 Å². The molecule has 0 amide bonds. The quantitative estimate of drug-likeness (QED) is 0.683. The molecular weight excluding hydrogens is 310 g/mol. The second-order valence-electron chi connectivity index (χ2n) is 3.57. The lowest BCUT2D eigenvalue weighted by molar-refractivity contribution is -0.276. The third-order valence-corrected chi connectivity index (χ3v) is 2.23. The number of hydrogen-bond donors (Lipinski definition) is 1. The number of aromatic nitrogens is 1. The molecule has 2 N–H and O–H groups in total. The van der Waals surface area contributed by atoms with Crippen molar-refractivity contribution in [2.75, 3.05) is 7.11 Å². The summed E-state index contributed by atoms with van der Waals surface area (Å²) in [5.41, 5.74) is 1.68. The van der Waals surface area contributed by atoms with Crippen LogP contribution in [0.4, 0.5) is 26.3 Å². The van der Waals surface area contributed by atoms with E-state index in [-0.39, 0.29) is 6.20 Å². The summed E-state index contributed by atoms with van der Waals surface area (Å²) in [6, 6.07) is 0. The number of pyridine rings is 1. The second kappa shape index (κ2) is 5.76. The SMILES string of the molecule is COC(=O)c1ncc(C(F)(F)F)c(OC(F)(F)F)c1CN. The highest BCUT2D eigenvalue weighted by molar-refractivity contribution is 5.89. The molecule has 0 aliphatic heterocycles. The molecule has 11 heteroatoms. The molecule has 0 fully saturated rings. The summed E-state index contributed by atoms with van der Waals surface area (Å²) < 4.78 is 82.5. The van der Waals surface area contributed by atoms with Gasteiger partial charge in [0.1, 0.15) is 11.3 Å². The Labute approximate surface area is 113 Å². The average molecular weight is 318 g/mol. The van der Waals surface area contributed by atoms with Gasteiger partial charge in [-0.25, -0.2) is 9.78 Å². The van der Waals surface area contributed by atoms with Crippen LogP contribution in [-0.4, -0.2) is 24.4 Å². The Hall–Kier alpha value is -2.04. The van der Waals surface area contributed by atoms with E-state index < -0.39 is 47.6 Å². The first-order valence-corrected chi connectivity index (χ1v) is 5.14. The van der Waals surface area contributed by atoms with Gasteiger partial charge < -0.3 is 15.2 Å². The molecular formula is C10H8F6N2O3. The van der Waals surface area contributed by atoms with Crippen molar-refractivity contribution < 1.29 is 40.6 Å². The third-order valence-electron chi connectivity index (χ3n) is 2.23. The average Bonchev–Trinajstić information content (AvgIpc) is 2.33. The molecule has 0 radical (unpaired) electrons. The van der Waals surface area contributed by atoms with Crippen molar-refractivity contribution in [2.24, 2.45) is 5.73 Å². The van der Waals surface area contributed by atoms with E-state index >= 15 is 0 Å². The minimum absolute atomic E-state index is 0.0481. The molecule has 21 heavy (non-hydrogen) atoms. The van der Waals surface area contributed by atoms with Crippen LogP contribution < -0.4 is 10.5 Å². The van der Waals surface area contributed by atoms with Gasteiger partial charge in [0.2, 0.25) is 0 Å². The minimum atomic E-state index is -5.40. The largest absolute Gasteiger partial charge is 0.573 e. The molecule has 1 rings (SSSR count). The summed E-state index contributed by atoms with van der Waals surface area (Å²) in [7, 11) is 0.881. The molecule has 0 aliphatic rings. The number of alkyl halides is 6. The van der Waals surface area contributed by atoms with Gasteiger partial charge in [0.15, 0.2) is 5.69 Å². The van der Waals surface area contributed by atoms with Gasteiger partial charge in [0, 0.05) is 18.3 Å². The van der Waals surface area contributed by atoms with Gasteiger partial charge in [0.25, 0.3) is 0 Å². The van der Waals surface area contributed by atoms with Crippen LogP contribution in [0, 0.1) is 0 Å². The Morgan fingerprint density at radius 1 is 1.29 bits per heavy atom. The lowest BCUT2D eigenvalue weighted by Crippen LogP contribution is -2.24. The number of hydrogen-bond acceptors (Lipinski definition) is 5. The molecule has 1 aromatic heterocycles. The van der Waals surface area contributed by atoms with Crippen molar-refractivity contribution >= 4 is 5.97 Å². The van der Waals surface area contributed by atoms with E-state index in [2.05, 4.69) is 14.5 Å². The molecule has 0 aromatic carbocycles. The molecule has 1 aromatic rings. The van der Waals surface area contributed by atoms with Crippen molar-refractivity contribution in [1.29, 1.82) is 0 Å². The number of methoxy groups -OCH3 is 1. The fraction of sp³-hybridized carbons (Fsp3) is 0.400.